The fourth-order valence-electron chi connectivity index (χ4n) is 8.08. The number of rotatable bonds is 7. The van der Waals surface area contributed by atoms with Gasteiger partial charge in [0, 0.05) is 6.42 Å². The molecular weight excluding hydrogens is 468 g/mol. The number of allylic oxidation sites excluding steroid dienone is 2. The molecule has 0 aromatic heterocycles. The molecule has 4 aliphatic carbocycles. The standard InChI is InChI=1S/C30H40N2O5/c1-29-14-12-21(32-37-18-27(34)31-25(28(35)36)16-19-6-4-3-5-7-19)17-20(29)8-9-22-23-10-11-26(33)30(23,2)15-13-24(22)29/h3-7,17,22-26,33H,8-16,18H2,1-2H3,(H,31,34)(H,35,36). The second-order valence-corrected chi connectivity index (χ2v) is 12.1. The number of nitrogens with zero attached hydrogens (tertiary/aromatic N) is 1. The van der Waals surface area contributed by atoms with Crippen LogP contribution in [0.4, 0.5) is 0 Å². The number of fused-ring (bicyclic) bond motifs is 5. The molecule has 1 aromatic carbocycles. The lowest BCUT2D eigenvalue weighted by Crippen LogP contribution is -2.51. The summed E-state index contributed by atoms with van der Waals surface area (Å²) in [6.07, 6.45) is 10.7. The van der Waals surface area contributed by atoms with Gasteiger partial charge in [0.15, 0.2) is 6.61 Å². The van der Waals surface area contributed by atoms with E-state index in [1.807, 2.05) is 30.3 Å². The predicted octanol–water partition coefficient (Wildman–Crippen LogP) is 4.49. The van der Waals surface area contributed by atoms with Crippen LogP contribution in [0.5, 0.6) is 0 Å². The maximum atomic E-state index is 12.4. The summed E-state index contributed by atoms with van der Waals surface area (Å²) in [5.74, 6) is 0.403. The molecule has 7 atom stereocenters. The molecule has 0 bridgehead atoms. The van der Waals surface area contributed by atoms with Gasteiger partial charge in [-0.05, 0) is 91.6 Å². The van der Waals surface area contributed by atoms with E-state index in [2.05, 4.69) is 30.4 Å². The number of aliphatic carboxylic acids is 1. The number of aliphatic hydroxyl groups is 1. The van der Waals surface area contributed by atoms with Gasteiger partial charge in [0.2, 0.25) is 0 Å². The van der Waals surface area contributed by atoms with Crippen LogP contribution in [-0.4, -0.2) is 46.6 Å². The number of carbonyl (C=O) groups excluding carboxylic acids is 1. The van der Waals surface area contributed by atoms with E-state index in [0.717, 1.165) is 49.8 Å². The topological polar surface area (TPSA) is 108 Å². The molecule has 7 unspecified atom stereocenters. The summed E-state index contributed by atoms with van der Waals surface area (Å²) in [4.78, 5) is 29.4. The fourth-order valence-corrected chi connectivity index (χ4v) is 8.08. The zero-order valence-electron chi connectivity index (χ0n) is 22.0. The molecular formula is C30H40N2O5. The largest absolute Gasteiger partial charge is 0.480 e. The minimum Gasteiger partial charge on any atom is -0.480 e. The Morgan fingerprint density at radius 2 is 1.86 bits per heavy atom. The zero-order valence-corrected chi connectivity index (χ0v) is 22.0. The second-order valence-electron chi connectivity index (χ2n) is 12.1. The molecule has 0 spiro atoms. The minimum absolute atomic E-state index is 0.0924. The lowest BCUT2D eigenvalue weighted by atomic mass is 9.47. The summed E-state index contributed by atoms with van der Waals surface area (Å²) in [6.45, 7) is 4.43. The molecule has 7 heteroatoms. The number of nitrogens with one attached hydrogen (secondary N) is 1. The van der Waals surface area contributed by atoms with Crippen molar-refractivity contribution in [1.82, 2.24) is 5.32 Å². The van der Waals surface area contributed by atoms with Gasteiger partial charge in [-0.3, -0.25) is 4.79 Å². The number of carboxylic acid groups (broad SMARTS) is 1. The Labute approximate surface area is 219 Å². The van der Waals surface area contributed by atoms with Crippen LogP contribution in [0.2, 0.25) is 0 Å². The van der Waals surface area contributed by atoms with E-state index >= 15 is 0 Å². The third-order valence-corrected chi connectivity index (χ3v) is 10.2. The van der Waals surface area contributed by atoms with E-state index in [9.17, 15) is 19.8 Å². The van der Waals surface area contributed by atoms with Crippen molar-refractivity contribution in [1.29, 1.82) is 0 Å². The summed E-state index contributed by atoms with van der Waals surface area (Å²) in [6, 6.07) is 8.21. The highest BCUT2D eigenvalue weighted by atomic mass is 16.6. The van der Waals surface area contributed by atoms with Crippen molar-refractivity contribution < 1.29 is 24.6 Å². The fraction of sp³-hybridized carbons (Fsp3) is 0.633. The molecule has 3 N–H and O–H groups in total. The first-order valence-electron chi connectivity index (χ1n) is 13.8. The van der Waals surface area contributed by atoms with E-state index in [0.29, 0.717) is 17.8 Å². The molecule has 0 aliphatic heterocycles. The average Bonchev–Trinajstić information content (AvgIpc) is 3.18. The van der Waals surface area contributed by atoms with Crippen LogP contribution in [0, 0.1) is 28.6 Å². The van der Waals surface area contributed by atoms with Crippen LogP contribution >= 0.6 is 0 Å². The van der Waals surface area contributed by atoms with E-state index in [-0.39, 0.29) is 30.0 Å². The lowest BCUT2D eigenvalue weighted by Gasteiger charge is -2.57. The monoisotopic (exact) mass is 508 g/mol. The van der Waals surface area contributed by atoms with Crippen molar-refractivity contribution in [2.45, 2.75) is 83.8 Å². The first-order valence-corrected chi connectivity index (χ1v) is 13.8. The van der Waals surface area contributed by atoms with E-state index in [4.69, 9.17) is 4.84 Å². The minimum atomic E-state index is -1.08. The van der Waals surface area contributed by atoms with Gasteiger partial charge in [-0.1, -0.05) is 54.9 Å². The van der Waals surface area contributed by atoms with Crippen molar-refractivity contribution in [3.05, 3.63) is 47.5 Å². The Morgan fingerprint density at radius 3 is 2.62 bits per heavy atom. The first-order chi connectivity index (χ1) is 17.7. The van der Waals surface area contributed by atoms with Crippen LogP contribution in [0.3, 0.4) is 0 Å². The molecule has 3 fully saturated rings. The maximum absolute atomic E-state index is 12.4. The SMILES string of the molecule is CC12CCC(=NOCC(=O)NC(Cc3ccccc3)C(=O)O)C=C1CCC1C2CCC2(C)C(O)CCC12. The first kappa shape index (κ1) is 26.0. The number of amides is 1. The lowest BCUT2D eigenvalue weighted by molar-refractivity contribution is -0.142. The number of carboxylic acids is 1. The molecule has 200 valence electrons. The molecule has 5 rings (SSSR count). The molecule has 0 radical (unpaired) electrons. The molecule has 0 saturated heterocycles. The number of carbonyl (C=O) groups is 2. The van der Waals surface area contributed by atoms with E-state index in [1.54, 1.807) is 0 Å². The smallest absolute Gasteiger partial charge is 0.326 e. The van der Waals surface area contributed by atoms with Crippen LogP contribution < -0.4 is 5.32 Å². The third-order valence-electron chi connectivity index (χ3n) is 10.2. The van der Waals surface area contributed by atoms with Crippen molar-refractivity contribution in [2.24, 2.45) is 33.7 Å². The van der Waals surface area contributed by atoms with Gasteiger partial charge >= 0.3 is 5.97 Å². The molecule has 1 aromatic rings. The number of benzene rings is 1. The zero-order chi connectivity index (χ0) is 26.2. The summed E-state index contributed by atoms with van der Waals surface area (Å²) in [5.41, 5.74) is 3.40. The highest BCUT2D eigenvalue weighted by Gasteiger charge is 2.58. The predicted molar refractivity (Wildman–Crippen MR) is 141 cm³/mol. The van der Waals surface area contributed by atoms with Crippen molar-refractivity contribution in [2.75, 3.05) is 6.61 Å². The van der Waals surface area contributed by atoms with Crippen LogP contribution in [0.1, 0.15) is 70.8 Å². The van der Waals surface area contributed by atoms with Crippen LogP contribution in [0.15, 0.2) is 47.1 Å². The number of hydrogen-bond acceptors (Lipinski definition) is 5. The summed E-state index contributed by atoms with van der Waals surface area (Å²) in [5, 5.41) is 27.0. The Balaban J connectivity index is 1.18. The highest BCUT2D eigenvalue weighted by molar-refractivity contribution is 5.96. The molecule has 1 amide bonds. The van der Waals surface area contributed by atoms with Gasteiger partial charge < -0.3 is 20.4 Å². The van der Waals surface area contributed by atoms with Crippen LogP contribution in [0.25, 0.3) is 0 Å². The van der Waals surface area contributed by atoms with Crippen molar-refractivity contribution >= 4 is 17.6 Å². The van der Waals surface area contributed by atoms with E-state index in [1.165, 1.54) is 18.4 Å². The Kier molecular flexibility index (Phi) is 7.18. The summed E-state index contributed by atoms with van der Waals surface area (Å²) in [7, 11) is 0. The van der Waals surface area contributed by atoms with Crippen LogP contribution in [-0.2, 0) is 20.8 Å². The van der Waals surface area contributed by atoms with Gasteiger partial charge in [0.1, 0.15) is 6.04 Å². The van der Waals surface area contributed by atoms with Gasteiger partial charge in [-0.15, -0.1) is 0 Å². The molecule has 7 nitrogen and oxygen atoms in total. The van der Waals surface area contributed by atoms with Gasteiger partial charge in [-0.25, -0.2) is 4.79 Å². The molecule has 3 saturated carbocycles. The Morgan fingerprint density at radius 1 is 1.08 bits per heavy atom. The second kappa shape index (κ2) is 10.2. The number of hydrogen-bond donors (Lipinski definition) is 3. The molecule has 37 heavy (non-hydrogen) atoms. The van der Waals surface area contributed by atoms with E-state index < -0.39 is 17.9 Å². The Hall–Kier alpha value is -2.67. The average molecular weight is 509 g/mol. The van der Waals surface area contributed by atoms with Gasteiger partial charge in [0.05, 0.1) is 11.8 Å². The van der Waals surface area contributed by atoms with Gasteiger partial charge in [0.25, 0.3) is 5.91 Å². The highest BCUT2D eigenvalue weighted by Crippen LogP contribution is 2.65. The summed E-state index contributed by atoms with van der Waals surface area (Å²) >= 11 is 0. The third kappa shape index (κ3) is 4.95. The molecule has 4 aliphatic rings. The normalized spacial score (nSPS) is 36.5. The van der Waals surface area contributed by atoms with Crippen molar-refractivity contribution in [3.8, 4) is 0 Å². The Bertz CT molecular complexity index is 1080. The maximum Gasteiger partial charge on any atom is 0.326 e. The number of oxime groups is 1. The number of aliphatic hydroxyl groups excluding tert-OH is 1. The quantitative estimate of drug-likeness (QED) is 0.470. The summed E-state index contributed by atoms with van der Waals surface area (Å²) < 4.78 is 0. The van der Waals surface area contributed by atoms with Gasteiger partial charge in [-0.2, -0.15) is 0 Å². The van der Waals surface area contributed by atoms with Crippen molar-refractivity contribution in [3.63, 3.8) is 0 Å². The molecule has 0 heterocycles.